The Labute approximate surface area is 150 Å². The van der Waals surface area contributed by atoms with Gasteiger partial charge in [0.2, 0.25) is 11.7 Å². The fourth-order valence-corrected chi connectivity index (χ4v) is 3.43. The highest BCUT2D eigenvalue weighted by Gasteiger charge is 2.44. The van der Waals surface area contributed by atoms with E-state index in [0.29, 0.717) is 43.1 Å². The van der Waals surface area contributed by atoms with Gasteiger partial charge in [0.15, 0.2) is 5.83 Å². The van der Waals surface area contributed by atoms with Crippen molar-refractivity contribution in [2.75, 3.05) is 20.2 Å². The highest BCUT2D eigenvalue weighted by atomic mass is 19.2. The molecular formula is C18H21F2N3O3. The van der Waals surface area contributed by atoms with Crippen LogP contribution in [0.2, 0.25) is 0 Å². The van der Waals surface area contributed by atoms with Crippen molar-refractivity contribution in [3.63, 3.8) is 0 Å². The Morgan fingerprint density at radius 3 is 2.77 bits per heavy atom. The molecule has 2 heterocycles. The summed E-state index contributed by atoms with van der Waals surface area (Å²) in [5, 5.41) is 8.86. The smallest absolute Gasteiger partial charge is 0.303 e. The summed E-state index contributed by atoms with van der Waals surface area (Å²) in [6.45, 7) is 0.662. The average Bonchev–Trinajstić information content (AvgIpc) is 2.64. The summed E-state index contributed by atoms with van der Waals surface area (Å²) < 4.78 is 35.0. The molecule has 0 spiro atoms. The summed E-state index contributed by atoms with van der Waals surface area (Å²) >= 11 is 0. The lowest BCUT2D eigenvalue weighted by Crippen LogP contribution is -2.50. The van der Waals surface area contributed by atoms with Gasteiger partial charge in [-0.1, -0.05) is 6.08 Å². The number of hydrogen-bond acceptors (Lipinski definition) is 5. The molecular weight excluding hydrogens is 344 g/mol. The Morgan fingerprint density at radius 1 is 1.42 bits per heavy atom. The molecule has 1 aromatic heterocycles. The van der Waals surface area contributed by atoms with Crippen LogP contribution in [0.15, 0.2) is 30.4 Å². The van der Waals surface area contributed by atoms with E-state index >= 15 is 4.39 Å². The number of rotatable bonds is 5. The van der Waals surface area contributed by atoms with Crippen molar-refractivity contribution in [1.82, 2.24) is 14.9 Å². The van der Waals surface area contributed by atoms with Crippen LogP contribution in [0.5, 0.6) is 5.88 Å². The van der Waals surface area contributed by atoms with Gasteiger partial charge in [0.1, 0.15) is 0 Å². The molecule has 1 aliphatic carbocycles. The van der Waals surface area contributed by atoms with Crippen LogP contribution in [0.4, 0.5) is 8.78 Å². The third-order valence-corrected chi connectivity index (χ3v) is 4.94. The molecule has 8 heteroatoms. The van der Waals surface area contributed by atoms with Crippen molar-refractivity contribution in [3.05, 3.63) is 36.1 Å². The van der Waals surface area contributed by atoms with Crippen molar-refractivity contribution in [2.24, 2.45) is 5.92 Å². The lowest BCUT2D eigenvalue weighted by molar-refractivity contribution is -0.138. The van der Waals surface area contributed by atoms with E-state index in [9.17, 15) is 9.18 Å². The highest BCUT2D eigenvalue weighted by Crippen LogP contribution is 2.40. The Bertz CT molecular complexity index is 745. The first-order valence-corrected chi connectivity index (χ1v) is 8.52. The maximum Gasteiger partial charge on any atom is 0.303 e. The van der Waals surface area contributed by atoms with E-state index in [1.54, 1.807) is 6.08 Å². The van der Waals surface area contributed by atoms with E-state index in [4.69, 9.17) is 9.84 Å². The number of aromatic nitrogens is 2. The number of halogens is 2. The van der Waals surface area contributed by atoms with E-state index in [2.05, 4.69) is 9.97 Å². The van der Waals surface area contributed by atoms with Gasteiger partial charge in [-0.05, 0) is 24.8 Å². The summed E-state index contributed by atoms with van der Waals surface area (Å²) in [6, 6.07) is 0. The predicted octanol–water partition coefficient (Wildman–Crippen LogP) is 2.98. The number of carbonyl (C=O) groups is 1. The van der Waals surface area contributed by atoms with Crippen molar-refractivity contribution in [2.45, 2.75) is 31.5 Å². The second-order valence-corrected chi connectivity index (χ2v) is 6.59. The minimum Gasteiger partial charge on any atom is -0.481 e. The van der Waals surface area contributed by atoms with E-state index in [0.717, 1.165) is 6.08 Å². The minimum absolute atomic E-state index is 0.0149. The first-order valence-electron chi connectivity index (χ1n) is 8.52. The zero-order valence-corrected chi connectivity index (χ0v) is 14.5. The molecule has 26 heavy (non-hydrogen) atoms. The summed E-state index contributed by atoms with van der Waals surface area (Å²) in [4.78, 5) is 20.4. The molecule has 0 amide bonds. The Hall–Kier alpha value is -2.35. The van der Waals surface area contributed by atoms with Gasteiger partial charge in [-0.2, -0.15) is 0 Å². The summed E-state index contributed by atoms with van der Waals surface area (Å²) in [5.41, 5.74) is 0.879. The van der Waals surface area contributed by atoms with Crippen LogP contribution in [-0.2, 0) is 4.79 Å². The normalized spacial score (nSPS) is 24.7. The van der Waals surface area contributed by atoms with Gasteiger partial charge in [-0.3, -0.25) is 14.7 Å². The SMILES string of the molecule is COc1cncc(C2=CCC(F)(N3CCC(CC(=O)O)CC3)C(F)=C2)n1. The van der Waals surface area contributed by atoms with Crippen LogP contribution in [0.3, 0.4) is 0 Å². The summed E-state index contributed by atoms with van der Waals surface area (Å²) in [7, 11) is 1.46. The Kier molecular flexibility index (Phi) is 5.31. The minimum atomic E-state index is -2.19. The molecule has 1 saturated heterocycles. The van der Waals surface area contributed by atoms with Gasteiger partial charge in [0, 0.05) is 31.5 Å². The number of aliphatic carboxylic acids is 1. The molecule has 3 rings (SSSR count). The number of alkyl halides is 1. The van der Waals surface area contributed by atoms with Crippen molar-refractivity contribution < 1.29 is 23.4 Å². The van der Waals surface area contributed by atoms with Crippen molar-refractivity contribution >= 4 is 11.5 Å². The van der Waals surface area contributed by atoms with Crippen LogP contribution < -0.4 is 4.74 Å². The van der Waals surface area contributed by atoms with Gasteiger partial charge < -0.3 is 9.84 Å². The Morgan fingerprint density at radius 2 is 2.15 bits per heavy atom. The fraction of sp³-hybridized carbons (Fsp3) is 0.500. The van der Waals surface area contributed by atoms with E-state index in [1.165, 1.54) is 24.4 Å². The van der Waals surface area contributed by atoms with Crippen molar-refractivity contribution in [1.29, 1.82) is 0 Å². The predicted molar refractivity (Wildman–Crippen MR) is 90.8 cm³/mol. The number of piperidine rings is 1. The summed E-state index contributed by atoms with van der Waals surface area (Å²) in [6.07, 6.45) is 6.70. The maximum atomic E-state index is 15.3. The molecule has 0 aromatic carbocycles. The molecule has 0 bridgehead atoms. The fourth-order valence-electron chi connectivity index (χ4n) is 3.43. The van der Waals surface area contributed by atoms with Gasteiger partial charge in [0.25, 0.3) is 0 Å². The molecule has 1 atom stereocenters. The lowest BCUT2D eigenvalue weighted by Gasteiger charge is -2.41. The number of hydrogen-bond donors (Lipinski definition) is 1. The van der Waals surface area contributed by atoms with Crippen LogP contribution in [-0.4, -0.2) is 51.9 Å². The third-order valence-electron chi connectivity index (χ3n) is 4.94. The molecule has 0 saturated carbocycles. The number of likely N-dealkylation sites (tertiary alicyclic amines) is 1. The number of allylic oxidation sites excluding steroid dienone is 2. The van der Waals surface area contributed by atoms with Crippen LogP contribution >= 0.6 is 0 Å². The average molecular weight is 365 g/mol. The third kappa shape index (κ3) is 3.75. The largest absolute Gasteiger partial charge is 0.481 e. The lowest BCUT2D eigenvalue weighted by atomic mass is 9.90. The highest BCUT2D eigenvalue weighted by molar-refractivity contribution is 5.73. The van der Waals surface area contributed by atoms with Crippen LogP contribution in [0.25, 0.3) is 5.57 Å². The Balaban J connectivity index is 1.71. The number of carboxylic acids is 1. The quantitative estimate of drug-likeness (QED) is 0.809. The van der Waals surface area contributed by atoms with Gasteiger partial charge in [0.05, 0.1) is 25.2 Å². The zero-order valence-electron chi connectivity index (χ0n) is 14.5. The molecule has 6 nitrogen and oxygen atoms in total. The first kappa shape index (κ1) is 18.4. The second-order valence-electron chi connectivity index (χ2n) is 6.59. The van der Waals surface area contributed by atoms with Crippen LogP contribution in [0, 0.1) is 5.92 Å². The van der Waals surface area contributed by atoms with Crippen LogP contribution in [0.1, 0.15) is 31.4 Å². The summed E-state index contributed by atoms with van der Waals surface area (Å²) in [5.74, 6) is -3.59. The standard InChI is InChI=1S/C18H21F2N3O3/c1-26-16-11-21-10-14(22-16)13-2-5-18(20,15(19)9-13)23-6-3-12(4-7-23)8-17(24)25/h2,9-12H,3-8H2,1H3,(H,24,25). The molecule has 2 aliphatic rings. The zero-order chi connectivity index (χ0) is 18.7. The molecule has 1 fully saturated rings. The van der Waals surface area contributed by atoms with E-state index in [-0.39, 0.29) is 18.8 Å². The van der Waals surface area contributed by atoms with E-state index in [1.807, 2.05) is 0 Å². The molecule has 0 radical (unpaired) electrons. The molecule has 1 N–H and O–H groups in total. The van der Waals surface area contributed by atoms with Gasteiger partial charge in [-0.15, -0.1) is 0 Å². The second kappa shape index (κ2) is 7.49. The number of carboxylic acid groups (broad SMARTS) is 1. The van der Waals surface area contributed by atoms with E-state index < -0.39 is 17.6 Å². The molecule has 1 aliphatic heterocycles. The van der Waals surface area contributed by atoms with Gasteiger partial charge in [-0.25, -0.2) is 13.8 Å². The topological polar surface area (TPSA) is 75.5 Å². The molecule has 140 valence electrons. The van der Waals surface area contributed by atoms with Gasteiger partial charge >= 0.3 is 5.97 Å². The molecule has 1 aromatic rings. The molecule has 1 unspecified atom stereocenters. The maximum absolute atomic E-state index is 15.3. The number of nitrogens with zero attached hydrogens (tertiary/aromatic N) is 3. The number of methoxy groups -OCH3 is 1. The monoisotopic (exact) mass is 365 g/mol. The first-order chi connectivity index (χ1) is 12.4. The van der Waals surface area contributed by atoms with Crippen molar-refractivity contribution in [3.8, 4) is 5.88 Å². The number of ether oxygens (including phenoxy) is 1.